The number of hydrogen-bond acceptors (Lipinski definition) is 2. The van der Waals surface area contributed by atoms with Gasteiger partial charge in [0.2, 0.25) is 0 Å². The summed E-state index contributed by atoms with van der Waals surface area (Å²) in [4.78, 5) is 4.85. The second-order valence-corrected chi connectivity index (χ2v) is 18.1. The van der Waals surface area contributed by atoms with Crippen LogP contribution >= 0.6 is 0 Å². The minimum atomic E-state index is -2.51. The van der Waals surface area contributed by atoms with Crippen molar-refractivity contribution in [3.63, 3.8) is 0 Å². The molecule has 0 radical (unpaired) electrons. The van der Waals surface area contributed by atoms with Crippen LogP contribution in [0.2, 0.25) is 0 Å². The number of rotatable bonds is 7. The molecule has 0 unspecified atom stereocenters. The van der Waals surface area contributed by atoms with Gasteiger partial charge in [0.25, 0.3) is 0 Å². The fourth-order valence-electron chi connectivity index (χ4n) is 10.4. The molecular weight excluding hydrogens is 1010 g/mol. The summed E-state index contributed by atoms with van der Waals surface area (Å²) < 4.78 is 42.6. The Morgan fingerprint density at radius 1 is 0.500 bits per heavy atom. The van der Waals surface area contributed by atoms with E-state index >= 15 is 0 Å². The molecule has 14 rings (SSSR count). The Labute approximate surface area is 405 Å². The van der Waals surface area contributed by atoms with Crippen molar-refractivity contribution in [2.75, 3.05) is 0 Å². The zero-order valence-electron chi connectivity index (χ0n) is 39.1. The maximum absolute atomic E-state index is 8.70. The van der Waals surface area contributed by atoms with Crippen LogP contribution in [0.15, 0.2) is 206 Å². The third-order valence-electron chi connectivity index (χ3n) is 13.4. The van der Waals surface area contributed by atoms with Gasteiger partial charge in [0.15, 0.2) is 0 Å². The molecule has 68 heavy (non-hydrogen) atoms. The number of para-hydroxylation sites is 5. The van der Waals surface area contributed by atoms with Gasteiger partial charge in [-0.1, -0.05) is 42.5 Å². The van der Waals surface area contributed by atoms with Crippen LogP contribution in [-0.2, 0) is 19.4 Å². The number of aromatic nitrogens is 5. The van der Waals surface area contributed by atoms with Crippen LogP contribution in [0, 0.1) is 22.8 Å². The Bertz CT molecular complexity index is 4440. The number of imidazole rings is 1. The van der Waals surface area contributed by atoms with E-state index in [0.29, 0.717) is 11.4 Å². The first-order chi connectivity index (χ1) is 34.8. The number of aryl methyl sites for hydroxylation is 1. The Hall–Kier alpha value is -8.31. The zero-order valence-corrected chi connectivity index (χ0v) is 38.4. The third kappa shape index (κ3) is 5.74. The first-order valence-electron chi connectivity index (χ1n) is 24.0. The minimum Gasteiger partial charge on any atom is -0.0570 e. The number of fused-ring (bicyclic) bond motifs is 10. The van der Waals surface area contributed by atoms with Gasteiger partial charge in [-0.3, -0.25) is 0 Å². The Kier molecular flexibility index (Phi) is 7.97. The number of ether oxygens (including phenoxy) is 1. The number of benzene rings is 9. The van der Waals surface area contributed by atoms with E-state index in [1.54, 1.807) is 12.3 Å². The van der Waals surface area contributed by atoms with Crippen LogP contribution in [0.5, 0.6) is 11.5 Å². The maximum atomic E-state index is 8.70. The van der Waals surface area contributed by atoms with Gasteiger partial charge >= 0.3 is 305 Å². The molecule has 0 saturated carbocycles. The molecule has 0 aliphatic rings. The van der Waals surface area contributed by atoms with Crippen molar-refractivity contribution >= 4 is 70.9 Å². The number of hydrogen-bond donors (Lipinski definition) is 0. The molecule has 6 nitrogen and oxygen atoms in total. The van der Waals surface area contributed by atoms with Crippen molar-refractivity contribution < 1.29 is 28.2 Å². The predicted octanol–water partition coefficient (Wildman–Crippen LogP) is 15.2. The van der Waals surface area contributed by atoms with Crippen LogP contribution in [0.1, 0.15) is 9.68 Å². The van der Waals surface area contributed by atoms with E-state index in [1.165, 1.54) is 21.7 Å². The van der Waals surface area contributed by atoms with Crippen molar-refractivity contribution in [2.24, 2.45) is 0 Å². The summed E-state index contributed by atoms with van der Waals surface area (Å²) in [6.07, 6.45) is 1.79. The van der Waals surface area contributed by atoms with E-state index in [9.17, 15) is 0 Å². The van der Waals surface area contributed by atoms with Crippen molar-refractivity contribution in [1.29, 1.82) is 0 Å². The van der Waals surface area contributed by atoms with Crippen molar-refractivity contribution in [3.8, 4) is 50.9 Å². The van der Waals surface area contributed by atoms with E-state index < -0.39 is 6.85 Å². The third-order valence-corrected chi connectivity index (χ3v) is 14.4. The molecule has 5 heterocycles. The van der Waals surface area contributed by atoms with Crippen molar-refractivity contribution in [3.05, 3.63) is 228 Å². The fraction of sp³-hybridized carbons (Fsp3) is 0.0164. The Balaban J connectivity index is 0.960. The van der Waals surface area contributed by atoms with Crippen molar-refractivity contribution in [2.45, 2.75) is 6.85 Å². The first-order valence-corrected chi connectivity index (χ1v) is 23.6. The van der Waals surface area contributed by atoms with Gasteiger partial charge < -0.3 is 4.40 Å². The van der Waals surface area contributed by atoms with Crippen LogP contribution in [0.4, 0.5) is 0 Å². The first kappa shape index (κ1) is 35.9. The molecular formula is C61H37N5OPt-2. The molecule has 7 heteroatoms. The molecule has 0 aliphatic heterocycles. The molecule has 0 spiro atoms. The smallest absolute Gasteiger partial charge is 0.0570 e. The molecule has 0 N–H and O–H groups in total. The van der Waals surface area contributed by atoms with Gasteiger partial charge in [-0.05, 0) is 12.1 Å². The predicted molar refractivity (Wildman–Crippen MR) is 272 cm³/mol. The van der Waals surface area contributed by atoms with Crippen LogP contribution in [-0.4, -0.2) is 23.1 Å². The average Bonchev–Trinajstić information content (AvgIpc) is 4.11. The summed E-state index contributed by atoms with van der Waals surface area (Å²) in [5.41, 5.74) is 13.1. The molecule has 0 bridgehead atoms. The Morgan fingerprint density at radius 2 is 1.15 bits per heavy atom. The monoisotopic (exact) mass is 1050 g/mol. The van der Waals surface area contributed by atoms with Gasteiger partial charge in [-0.25, -0.2) is 0 Å². The van der Waals surface area contributed by atoms with Gasteiger partial charge in [0.1, 0.15) is 0 Å². The normalized spacial score (nSPS) is 12.8. The molecule has 14 aromatic rings. The summed E-state index contributed by atoms with van der Waals surface area (Å²) in [6.45, 7) is -2.51. The molecule has 5 aromatic heterocycles. The Morgan fingerprint density at radius 3 is 1.88 bits per heavy atom. The summed E-state index contributed by atoms with van der Waals surface area (Å²) in [5, 5.41) is 6.81. The van der Waals surface area contributed by atoms with Gasteiger partial charge in [0, 0.05) is 27.7 Å². The molecule has 324 valence electrons. The molecule has 0 saturated heterocycles. The molecule has 0 aliphatic carbocycles. The van der Waals surface area contributed by atoms with E-state index in [0.717, 1.165) is 86.8 Å². The van der Waals surface area contributed by atoms with Crippen LogP contribution in [0.25, 0.3) is 110 Å². The molecule has 0 amide bonds. The average molecular weight is 1050 g/mol. The van der Waals surface area contributed by atoms with Crippen LogP contribution in [0.3, 0.4) is 0 Å². The topological polar surface area (TPSA) is 41.3 Å². The van der Waals surface area contributed by atoms with E-state index in [2.05, 4.69) is 183 Å². The summed E-state index contributed by atoms with van der Waals surface area (Å²) in [7, 11) is 0. The fourth-order valence-corrected chi connectivity index (χ4v) is 11.5. The van der Waals surface area contributed by atoms with Gasteiger partial charge in [0.05, 0.1) is 16.6 Å². The SMILES string of the molecule is [2H]C([2H])([2H])c1ccc(-n2[c](=[Pt])n(-c3c(-c4ccccc4)cccc3-c3ccccc3)c3ccccc32)[c-]c1Oc1[c-]c2c(cc1)c1cc3c4cccc5c6ccccc6n(c3cc1n2-c1ccccn1)c54. The second-order valence-electron chi connectivity index (χ2n) is 17.1. The number of nitrogens with zero attached hydrogens (tertiary/aromatic N) is 5. The number of pyridine rings is 1. The summed E-state index contributed by atoms with van der Waals surface area (Å²) >= 11 is 2.39. The van der Waals surface area contributed by atoms with E-state index in [4.69, 9.17) is 13.8 Å². The van der Waals surface area contributed by atoms with Crippen molar-refractivity contribution in [1.82, 2.24) is 23.1 Å². The molecule has 9 aromatic carbocycles. The van der Waals surface area contributed by atoms with Gasteiger partial charge in [-0.2, -0.15) is 0 Å². The minimum absolute atomic E-state index is 0.0423. The standard InChI is InChI=1S/C61H37N5O.Pt/c1-39-29-30-42(63-38-64(54-27-11-10-26-53(54)63)60-44(40-16-4-2-5-17-40)21-14-22-45(60)41-18-6-3-7-19-41)34-58(39)67-43-31-32-47-50-36-51-49-24-15-23-48-46-20-8-9-25-52(46)66(61(48)49)57(51)37-56(50)65(55(47)35-43)59-28-12-13-33-62-59;/h2-33,36-37H,1H3;/q-2;/i1D3;. The summed E-state index contributed by atoms with van der Waals surface area (Å²) in [6, 6.07) is 75.6. The quantitative estimate of drug-likeness (QED) is 0.149. The van der Waals surface area contributed by atoms with E-state index in [1.807, 2.05) is 60.7 Å². The van der Waals surface area contributed by atoms with E-state index in [-0.39, 0.29) is 11.3 Å². The zero-order chi connectivity index (χ0) is 47.5. The molecule has 0 atom stereocenters. The molecule has 0 fully saturated rings. The van der Waals surface area contributed by atoms with Crippen LogP contribution < -0.4 is 4.74 Å². The van der Waals surface area contributed by atoms with Gasteiger partial charge in [-0.15, -0.1) is 0 Å². The summed E-state index contributed by atoms with van der Waals surface area (Å²) in [5.74, 6) is 1.16. The second kappa shape index (κ2) is 15.1.